The second kappa shape index (κ2) is 6.44. The Morgan fingerprint density at radius 2 is 1.86 bits per heavy atom. The van der Waals surface area contributed by atoms with E-state index >= 15 is 0 Å². The number of amides is 1. The zero-order valence-electron chi connectivity index (χ0n) is 15.5. The molecule has 1 fully saturated rings. The highest BCUT2D eigenvalue weighted by Gasteiger charge is 2.56. The number of hydrogen-bond acceptors (Lipinski definition) is 5. The molecule has 1 spiro atoms. The predicted octanol–water partition coefficient (Wildman–Crippen LogP) is 2.57. The largest absolute Gasteiger partial charge is 0.408 e. The maximum Gasteiger partial charge on any atom is 0.408 e. The highest BCUT2D eigenvalue weighted by Crippen LogP contribution is 2.43. The average molecular weight is 391 g/mol. The zero-order chi connectivity index (χ0) is 20.1. The molecule has 28 heavy (non-hydrogen) atoms. The monoisotopic (exact) mass is 391 g/mol. The number of likely N-dealkylation sites (tertiary alicyclic amines) is 1. The summed E-state index contributed by atoms with van der Waals surface area (Å²) in [4.78, 5) is 25.4. The summed E-state index contributed by atoms with van der Waals surface area (Å²) in [6, 6.07) is 7.35. The molecule has 0 bridgehead atoms. The van der Waals surface area contributed by atoms with Crippen LogP contribution in [0, 0.1) is 0 Å². The molecule has 0 saturated carbocycles. The number of alkyl halides is 3. The minimum atomic E-state index is -4.41. The predicted molar refractivity (Wildman–Crippen MR) is 98.0 cm³/mol. The van der Waals surface area contributed by atoms with Crippen molar-refractivity contribution < 1.29 is 18.0 Å². The van der Waals surface area contributed by atoms with Crippen LogP contribution < -0.4 is 10.2 Å². The molecule has 0 unspecified atom stereocenters. The van der Waals surface area contributed by atoms with E-state index in [0.29, 0.717) is 30.0 Å². The number of likely N-dealkylation sites (N-methyl/N-ethyl adjacent to an activating group) is 1. The molecular weight excluding hydrogens is 371 g/mol. The van der Waals surface area contributed by atoms with Crippen molar-refractivity contribution in [1.82, 2.24) is 14.9 Å². The number of nitrogens with zero attached hydrogens (tertiary/aromatic N) is 4. The van der Waals surface area contributed by atoms with E-state index in [1.54, 1.807) is 4.90 Å². The molecule has 9 heteroatoms. The van der Waals surface area contributed by atoms with Crippen LogP contribution in [0.4, 0.5) is 24.7 Å². The summed E-state index contributed by atoms with van der Waals surface area (Å²) in [6.45, 7) is 2.10. The van der Waals surface area contributed by atoms with Crippen molar-refractivity contribution in [3.05, 3.63) is 47.9 Å². The first-order valence-corrected chi connectivity index (χ1v) is 8.95. The Labute approximate surface area is 160 Å². The number of anilines is 2. The van der Waals surface area contributed by atoms with Gasteiger partial charge in [0.15, 0.2) is 0 Å². The fourth-order valence-corrected chi connectivity index (χ4v) is 3.95. The van der Waals surface area contributed by atoms with Gasteiger partial charge in [0.1, 0.15) is 23.6 Å². The number of hydrogen-bond donors (Lipinski definition) is 1. The second-order valence-corrected chi connectivity index (χ2v) is 7.44. The van der Waals surface area contributed by atoms with Gasteiger partial charge in [0.05, 0.1) is 12.2 Å². The number of halogens is 3. The number of carbonyl (C=O) groups is 1. The van der Waals surface area contributed by atoms with Crippen LogP contribution in [0.15, 0.2) is 36.7 Å². The molecule has 0 radical (unpaired) electrons. The van der Waals surface area contributed by atoms with Crippen molar-refractivity contribution in [2.24, 2.45) is 0 Å². The van der Waals surface area contributed by atoms with Crippen LogP contribution in [0.25, 0.3) is 0 Å². The van der Waals surface area contributed by atoms with E-state index in [4.69, 9.17) is 0 Å². The quantitative estimate of drug-likeness (QED) is 0.872. The second-order valence-electron chi connectivity index (χ2n) is 7.44. The summed E-state index contributed by atoms with van der Waals surface area (Å²) in [5.74, 6) is 0.0370. The van der Waals surface area contributed by atoms with Crippen molar-refractivity contribution in [1.29, 1.82) is 0 Å². The van der Waals surface area contributed by atoms with Gasteiger partial charge in [-0.2, -0.15) is 13.2 Å². The minimum Gasteiger partial charge on any atom is -0.359 e. The van der Waals surface area contributed by atoms with Crippen LogP contribution in [0.2, 0.25) is 0 Å². The first-order chi connectivity index (χ1) is 13.2. The van der Waals surface area contributed by atoms with Gasteiger partial charge in [-0.1, -0.05) is 18.2 Å². The molecular formula is C19H20F3N5O. The molecule has 6 nitrogen and oxygen atoms in total. The Bertz CT molecular complexity index is 896. The molecule has 1 aromatic carbocycles. The summed E-state index contributed by atoms with van der Waals surface area (Å²) < 4.78 is 39.2. The summed E-state index contributed by atoms with van der Waals surface area (Å²) in [5, 5.41) is 2.47. The molecule has 1 aromatic heterocycles. The molecule has 4 rings (SSSR count). The zero-order valence-corrected chi connectivity index (χ0v) is 15.5. The van der Waals surface area contributed by atoms with E-state index in [1.165, 1.54) is 6.33 Å². The third-order valence-corrected chi connectivity index (χ3v) is 5.36. The lowest BCUT2D eigenvalue weighted by molar-refractivity contribution is -0.138. The fraction of sp³-hybridized carbons (Fsp3) is 0.421. The molecule has 1 atom stereocenters. The van der Waals surface area contributed by atoms with Gasteiger partial charge in [0.25, 0.3) is 0 Å². The van der Waals surface area contributed by atoms with Gasteiger partial charge < -0.3 is 15.1 Å². The van der Waals surface area contributed by atoms with Gasteiger partial charge in [-0.05, 0) is 26.1 Å². The van der Waals surface area contributed by atoms with Crippen molar-refractivity contribution in [3.63, 3.8) is 0 Å². The smallest absolute Gasteiger partial charge is 0.359 e. The first-order valence-electron chi connectivity index (χ1n) is 8.95. The summed E-state index contributed by atoms with van der Waals surface area (Å²) >= 11 is 0. The average Bonchev–Trinajstić information content (AvgIpc) is 2.63. The SMILES string of the molecule is C[C@@H](Nc1ncnc2c1CN(c1ccccc1)C(=O)C21CN(C)C1)C(F)(F)F. The number of benzene rings is 1. The third-order valence-electron chi connectivity index (χ3n) is 5.36. The van der Waals surface area contributed by atoms with Crippen molar-refractivity contribution in [2.45, 2.75) is 31.1 Å². The van der Waals surface area contributed by atoms with Crippen LogP contribution in [0.1, 0.15) is 18.2 Å². The Kier molecular flexibility index (Phi) is 4.29. The molecule has 1 N–H and O–H groups in total. The topological polar surface area (TPSA) is 61.4 Å². The Morgan fingerprint density at radius 3 is 2.46 bits per heavy atom. The van der Waals surface area contributed by atoms with E-state index in [2.05, 4.69) is 15.3 Å². The third kappa shape index (κ3) is 2.90. The van der Waals surface area contributed by atoms with Gasteiger partial charge in [-0.15, -0.1) is 0 Å². The first kappa shape index (κ1) is 18.7. The number of rotatable bonds is 3. The van der Waals surface area contributed by atoms with Gasteiger partial charge in [-0.3, -0.25) is 4.79 Å². The number of nitrogens with one attached hydrogen (secondary N) is 1. The molecule has 3 heterocycles. The van der Waals surface area contributed by atoms with Gasteiger partial charge in [-0.25, -0.2) is 9.97 Å². The number of para-hydroxylation sites is 1. The minimum absolute atomic E-state index is 0.0854. The van der Waals surface area contributed by atoms with Crippen molar-refractivity contribution >= 4 is 17.4 Å². The van der Waals surface area contributed by atoms with Crippen LogP contribution in [0.5, 0.6) is 0 Å². The number of fused-ring (bicyclic) bond motifs is 2. The Morgan fingerprint density at radius 1 is 1.18 bits per heavy atom. The van der Waals surface area contributed by atoms with E-state index in [1.807, 2.05) is 42.3 Å². The van der Waals surface area contributed by atoms with Gasteiger partial charge in [0.2, 0.25) is 5.91 Å². The standard InChI is InChI=1S/C19H20F3N5O/c1-12(19(20,21)22)25-16-14-8-27(13-6-4-3-5-7-13)17(28)18(9-26(2)10-18)15(14)23-11-24-16/h3-7,11-12H,8-10H2,1-2H3,(H,23,24,25)/t12-/m1/s1. The van der Waals surface area contributed by atoms with E-state index in [0.717, 1.165) is 6.92 Å². The molecule has 1 amide bonds. The normalized spacial score (nSPS) is 19.9. The van der Waals surface area contributed by atoms with Crippen LogP contribution in [0.3, 0.4) is 0 Å². The highest BCUT2D eigenvalue weighted by molar-refractivity contribution is 6.04. The lowest BCUT2D eigenvalue weighted by Gasteiger charge is -2.51. The molecule has 2 aliphatic rings. The maximum absolute atomic E-state index is 13.4. The van der Waals surface area contributed by atoms with Gasteiger partial charge in [0, 0.05) is 24.3 Å². The molecule has 1 saturated heterocycles. The van der Waals surface area contributed by atoms with Crippen LogP contribution >= 0.6 is 0 Å². The maximum atomic E-state index is 13.4. The van der Waals surface area contributed by atoms with Crippen molar-refractivity contribution in [2.75, 3.05) is 30.4 Å². The van der Waals surface area contributed by atoms with E-state index in [9.17, 15) is 18.0 Å². The summed E-state index contributed by atoms with van der Waals surface area (Å²) in [7, 11) is 1.89. The fourth-order valence-electron chi connectivity index (χ4n) is 3.95. The van der Waals surface area contributed by atoms with Gasteiger partial charge >= 0.3 is 6.18 Å². The molecule has 148 valence electrons. The van der Waals surface area contributed by atoms with E-state index < -0.39 is 17.6 Å². The number of carbonyl (C=O) groups excluding carboxylic acids is 1. The number of aromatic nitrogens is 2. The molecule has 0 aliphatic carbocycles. The lowest BCUT2D eigenvalue weighted by Crippen LogP contribution is -2.68. The highest BCUT2D eigenvalue weighted by atomic mass is 19.4. The van der Waals surface area contributed by atoms with Crippen LogP contribution in [-0.4, -0.2) is 53.1 Å². The van der Waals surface area contributed by atoms with Crippen molar-refractivity contribution in [3.8, 4) is 0 Å². The summed E-state index contributed by atoms with van der Waals surface area (Å²) in [6.07, 6.45) is -3.18. The summed E-state index contributed by atoms with van der Waals surface area (Å²) in [5.41, 5.74) is 0.898. The Hall–Kier alpha value is -2.68. The lowest BCUT2D eigenvalue weighted by atomic mass is 9.71. The molecule has 2 aliphatic heterocycles. The van der Waals surface area contributed by atoms with Crippen LogP contribution in [-0.2, 0) is 16.8 Å². The van der Waals surface area contributed by atoms with E-state index in [-0.39, 0.29) is 18.3 Å². The Balaban J connectivity index is 1.80. The molecule has 2 aromatic rings.